The van der Waals surface area contributed by atoms with Gasteiger partial charge in [0.2, 0.25) is 0 Å². The third kappa shape index (κ3) is 3.86. The van der Waals surface area contributed by atoms with Crippen LogP contribution in [0.5, 0.6) is 5.75 Å². The van der Waals surface area contributed by atoms with Crippen LogP contribution in [0.25, 0.3) is 0 Å². The van der Waals surface area contributed by atoms with E-state index in [1.807, 2.05) is 35.9 Å². The van der Waals surface area contributed by atoms with Crippen molar-refractivity contribution in [1.82, 2.24) is 14.7 Å². The first-order valence-corrected chi connectivity index (χ1v) is 8.32. The fourth-order valence-corrected chi connectivity index (χ4v) is 3.21. The summed E-state index contributed by atoms with van der Waals surface area (Å²) in [6.45, 7) is 6.18. The van der Waals surface area contributed by atoms with Gasteiger partial charge in [-0.15, -0.1) is 0 Å². The molecule has 0 unspecified atom stereocenters. The van der Waals surface area contributed by atoms with E-state index in [0.717, 1.165) is 55.3 Å². The van der Waals surface area contributed by atoms with E-state index in [-0.39, 0.29) is 6.61 Å². The lowest BCUT2D eigenvalue weighted by Crippen LogP contribution is -2.28. The van der Waals surface area contributed by atoms with Crippen molar-refractivity contribution in [3.05, 3.63) is 46.2 Å². The Bertz CT molecular complexity index is 652. The number of nitrogens with zero attached hydrogens (tertiary/aromatic N) is 3. The van der Waals surface area contributed by atoms with Crippen molar-refractivity contribution >= 4 is 11.6 Å². The molecule has 1 aliphatic rings. The third-order valence-electron chi connectivity index (χ3n) is 4.12. The molecule has 124 valence electrons. The molecule has 1 aromatic heterocycles. The Kier molecular flexibility index (Phi) is 5.20. The van der Waals surface area contributed by atoms with Crippen molar-refractivity contribution in [3.8, 4) is 5.75 Å². The van der Waals surface area contributed by atoms with Gasteiger partial charge in [0, 0.05) is 26.2 Å². The van der Waals surface area contributed by atoms with Crippen molar-refractivity contribution in [1.29, 1.82) is 0 Å². The van der Waals surface area contributed by atoms with Gasteiger partial charge in [-0.05, 0) is 31.0 Å². The average Bonchev–Trinajstić information content (AvgIpc) is 2.82. The predicted molar refractivity (Wildman–Crippen MR) is 89.7 cm³/mol. The highest BCUT2D eigenvalue weighted by Crippen LogP contribution is 2.27. The number of hydrogen-bond acceptors (Lipinski definition) is 4. The van der Waals surface area contributed by atoms with Gasteiger partial charge in [-0.1, -0.05) is 23.7 Å². The highest BCUT2D eigenvalue weighted by Gasteiger charge is 2.16. The Balaban J connectivity index is 1.58. The standard InChI is InChI=1S/C17H22ClN3O2/c1-13-4-2-5-16(18)17(13)23-9-8-20-6-3-7-21-15(11-20)10-14(12-22)19-21/h2,4-5,10,22H,3,6-9,11-12H2,1H3. The molecule has 1 aliphatic heterocycles. The Hall–Kier alpha value is -1.56. The second-order valence-electron chi connectivity index (χ2n) is 5.87. The Labute approximate surface area is 141 Å². The molecule has 0 radical (unpaired) electrons. The lowest BCUT2D eigenvalue weighted by Gasteiger charge is -2.20. The van der Waals surface area contributed by atoms with Crippen molar-refractivity contribution in [2.24, 2.45) is 0 Å². The van der Waals surface area contributed by atoms with Gasteiger partial charge in [-0.2, -0.15) is 5.10 Å². The molecule has 6 heteroatoms. The van der Waals surface area contributed by atoms with Gasteiger partial charge in [0.25, 0.3) is 0 Å². The molecule has 0 saturated heterocycles. The number of hydrogen-bond donors (Lipinski definition) is 1. The molecule has 0 fully saturated rings. The Morgan fingerprint density at radius 1 is 1.35 bits per heavy atom. The maximum atomic E-state index is 9.22. The maximum absolute atomic E-state index is 9.22. The summed E-state index contributed by atoms with van der Waals surface area (Å²) in [5, 5.41) is 14.3. The molecule has 23 heavy (non-hydrogen) atoms. The van der Waals surface area contributed by atoms with Crippen LogP contribution >= 0.6 is 11.6 Å². The first kappa shape index (κ1) is 16.3. The number of ether oxygens (including phenoxy) is 1. The number of rotatable bonds is 5. The molecule has 1 N–H and O–H groups in total. The highest BCUT2D eigenvalue weighted by molar-refractivity contribution is 6.32. The fourth-order valence-electron chi connectivity index (χ4n) is 2.93. The van der Waals surface area contributed by atoms with E-state index < -0.39 is 0 Å². The minimum Gasteiger partial charge on any atom is -0.490 e. The van der Waals surface area contributed by atoms with E-state index in [2.05, 4.69) is 10.00 Å². The molecule has 0 spiro atoms. The van der Waals surface area contributed by atoms with Gasteiger partial charge >= 0.3 is 0 Å². The first-order chi connectivity index (χ1) is 11.2. The SMILES string of the molecule is Cc1cccc(Cl)c1OCCN1CCCn2nc(CO)cc2C1. The summed E-state index contributed by atoms with van der Waals surface area (Å²) in [5.41, 5.74) is 2.95. The van der Waals surface area contributed by atoms with Crippen molar-refractivity contribution in [2.45, 2.75) is 33.0 Å². The van der Waals surface area contributed by atoms with Crippen LogP contribution in [-0.4, -0.2) is 39.5 Å². The zero-order valence-corrected chi connectivity index (χ0v) is 14.1. The monoisotopic (exact) mass is 335 g/mol. The first-order valence-electron chi connectivity index (χ1n) is 7.94. The molecular formula is C17H22ClN3O2. The number of para-hydroxylation sites is 1. The van der Waals surface area contributed by atoms with Gasteiger partial charge in [0.1, 0.15) is 12.4 Å². The quantitative estimate of drug-likeness (QED) is 0.912. The summed E-state index contributed by atoms with van der Waals surface area (Å²) in [5.74, 6) is 0.775. The second-order valence-corrected chi connectivity index (χ2v) is 6.28. The maximum Gasteiger partial charge on any atom is 0.140 e. The number of aryl methyl sites for hydroxylation is 2. The van der Waals surface area contributed by atoms with Gasteiger partial charge in [-0.3, -0.25) is 9.58 Å². The second kappa shape index (κ2) is 7.34. The van der Waals surface area contributed by atoms with Crippen LogP contribution < -0.4 is 4.74 Å². The van der Waals surface area contributed by atoms with Crippen molar-refractivity contribution < 1.29 is 9.84 Å². The number of aromatic nitrogens is 2. The summed E-state index contributed by atoms with van der Waals surface area (Å²) in [7, 11) is 0. The van der Waals surface area contributed by atoms with Gasteiger partial charge in [0.15, 0.2) is 0 Å². The number of aliphatic hydroxyl groups is 1. The Morgan fingerprint density at radius 2 is 2.22 bits per heavy atom. The summed E-state index contributed by atoms with van der Waals surface area (Å²) in [4.78, 5) is 2.36. The van der Waals surface area contributed by atoms with Gasteiger partial charge in [0.05, 0.1) is 23.0 Å². The van der Waals surface area contributed by atoms with Gasteiger partial charge < -0.3 is 9.84 Å². The fraction of sp³-hybridized carbons (Fsp3) is 0.471. The van der Waals surface area contributed by atoms with E-state index >= 15 is 0 Å². The number of fused-ring (bicyclic) bond motifs is 1. The zero-order chi connectivity index (χ0) is 16.2. The lowest BCUT2D eigenvalue weighted by molar-refractivity contribution is 0.204. The molecule has 0 amide bonds. The van der Waals surface area contributed by atoms with Crippen molar-refractivity contribution in [2.75, 3.05) is 19.7 Å². The van der Waals surface area contributed by atoms with Gasteiger partial charge in [-0.25, -0.2) is 0 Å². The number of benzene rings is 1. The molecule has 3 rings (SSSR count). The molecular weight excluding hydrogens is 314 g/mol. The van der Waals surface area contributed by atoms with E-state index in [4.69, 9.17) is 16.3 Å². The lowest BCUT2D eigenvalue weighted by atomic mass is 10.2. The minimum absolute atomic E-state index is 0.00507. The molecule has 0 atom stereocenters. The van der Waals surface area contributed by atoms with Crippen LogP contribution in [0.15, 0.2) is 24.3 Å². The minimum atomic E-state index is -0.00507. The predicted octanol–water partition coefficient (Wildman–Crippen LogP) is 2.62. The van der Waals surface area contributed by atoms with E-state index in [1.165, 1.54) is 0 Å². The molecule has 0 bridgehead atoms. The summed E-state index contributed by atoms with van der Waals surface area (Å²) >= 11 is 6.19. The highest BCUT2D eigenvalue weighted by atomic mass is 35.5. The van der Waals surface area contributed by atoms with Crippen LogP contribution in [0.3, 0.4) is 0 Å². The van der Waals surface area contributed by atoms with Crippen molar-refractivity contribution in [3.63, 3.8) is 0 Å². The van der Waals surface area contributed by atoms with E-state index in [1.54, 1.807) is 0 Å². The molecule has 0 saturated carbocycles. The largest absolute Gasteiger partial charge is 0.490 e. The van der Waals surface area contributed by atoms with Crippen LogP contribution in [0.2, 0.25) is 5.02 Å². The Morgan fingerprint density at radius 3 is 3.00 bits per heavy atom. The average molecular weight is 336 g/mol. The molecule has 2 aromatic rings. The summed E-state index contributed by atoms with van der Waals surface area (Å²) in [6, 6.07) is 7.77. The van der Waals surface area contributed by atoms with Crippen LogP contribution in [0.4, 0.5) is 0 Å². The van der Waals surface area contributed by atoms with Crippen LogP contribution in [0, 0.1) is 6.92 Å². The summed E-state index contributed by atoms with van der Waals surface area (Å²) in [6.07, 6.45) is 1.05. The summed E-state index contributed by atoms with van der Waals surface area (Å²) < 4.78 is 7.89. The molecule has 5 nitrogen and oxygen atoms in total. The number of halogens is 1. The van der Waals surface area contributed by atoms with E-state index in [0.29, 0.717) is 11.6 Å². The zero-order valence-electron chi connectivity index (χ0n) is 13.3. The normalized spacial score (nSPS) is 15.3. The van der Waals surface area contributed by atoms with E-state index in [9.17, 15) is 5.11 Å². The smallest absolute Gasteiger partial charge is 0.140 e. The molecule has 0 aliphatic carbocycles. The number of aliphatic hydroxyl groups excluding tert-OH is 1. The van der Waals surface area contributed by atoms with Crippen LogP contribution in [-0.2, 0) is 19.7 Å². The van der Waals surface area contributed by atoms with Crippen LogP contribution in [0.1, 0.15) is 23.4 Å². The molecule has 2 heterocycles. The topological polar surface area (TPSA) is 50.5 Å². The third-order valence-corrected chi connectivity index (χ3v) is 4.42. The molecule has 1 aromatic carbocycles.